The molecule has 3 rings (SSSR count). The molecule has 1 atom stereocenters. The van der Waals surface area contributed by atoms with Crippen molar-refractivity contribution in [2.45, 2.75) is 45.1 Å². The van der Waals surface area contributed by atoms with E-state index in [1.165, 1.54) is 36.6 Å². The van der Waals surface area contributed by atoms with Crippen LogP contribution in [0.5, 0.6) is 0 Å². The summed E-state index contributed by atoms with van der Waals surface area (Å²) in [6, 6.07) is 6.56. The minimum absolute atomic E-state index is 0.0126. The van der Waals surface area contributed by atoms with Crippen molar-refractivity contribution < 1.29 is 9.42 Å². The fourth-order valence-electron chi connectivity index (χ4n) is 2.89. The van der Waals surface area contributed by atoms with Crippen LogP contribution >= 0.6 is 0 Å². The number of hydrogen-bond donors (Lipinski definition) is 1. The molecule has 1 unspecified atom stereocenters. The summed E-state index contributed by atoms with van der Waals surface area (Å²) in [7, 11) is 0. The summed E-state index contributed by atoms with van der Waals surface area (Å²) in [6.45, 7) is 2.06. The Morgan fingerprint density at radius 2 is 2.14 bits per heavy atom. The van der Waals surface area contributed by atoms with E-state index in [1.807, 2.05) is 0 Å². The van der Waals surface area contributed by atoms with Gasteiger partial charge in [0, 0.05) is 0 Å². The van der Waals surface area contributed by atoms with Crippen molar-refractivity contribution in [1.82, 2.24) is 15.6 Å². The van der Waals surface area contributed by atoms with Gasteiger partial charge >= 0.3 is 0 Å². The number of carbonyl (C=O) groups is 1. The second-order valence-electron chi connectivity index (χ2n) is 5.46. The first-order valence-electron chi connectivity index (χ1n) is 7.48. The van der Waals surface area contributed by atoms with Gasteiger partial charge in [0.1, 0.15) is 6.20 Å². The van der Waals surface area contributed by atoms with Gasteiger partial charge in [0.05, 0.1) is 6.04 Å². The predicted molar refractivity (Wildman–Crippen MR) is 77.9 cm³/mol. The Kier molecular flexibility index (Phi) is 3.99. The second-order valence-corrected chi connectivity index (χ2v) is 5.46. The lowest BCUT2D eigenvalue weighted by atomic mass is 9.89. The maximum absolute atomic E-state index is 12.1. The average molecular weight is 285 g/mol. The summed E-state index contributed by atoms with van der Waals surface area (Å²) in [6.07, 6.45) is 7.00. The number of aryl methyl sites for hydroxylation is 2. The minimum Gasteiger partial charge on any atom is -0.344 e. The standard InChI is InChI=1S/C16H19N3O2/c1-2-14(18-16(20)15-10-17-21-19-15)13-8-7-11-5-3-4-6-12(11)9-13/h7-10,14H,2-6H2,1H3,(H,18,20). The van der Waals surface area contributed by atoms with Crippen LogP contribution in [0.15, 0.2) is 29.0 Å². The number of nitrogens with one attached hydrogen (secondary N) is 1. The highest BCUT2D eigenvalue weighted by atomic mass is 16.6. The number of amides is 1. The third kappa shape index (κ3) is 2.96. The van der Waals surface area contributed by atoms with Crippen LogP contribution in [0.25, 0.3) is 0 Å². The summed E-state index contributed by atoms with van der Waals surface area (Å²) in [4.78, 5) is 12.1. The van der Waals surface area contributed by atoms with Crippen molar-refractivity contribution >= 4 is 5.91 Å². The van der Waals surface area contributed by atoms with E-state index in [2.05, 4.69) is 45.4 Å². The largest absolute Gasteiger partial charge is 0.344 e. The molecule has 1 aliphatic rings. The van der Waals surface area contributed by atoms with Crippen LogP contribution in [-0.2, 0) is 12.8 Å². The Morgan fingerprint density at radius 3 is 2.86 bits per heavy atom. The van der Waals surface area contributed by atoms with E-state index >= 15 is 0 Å². The van der Waals surface area contributed by atoms with Gasteiger partial charge < -0.3 is 5.32 Å². The highest BCUT2D eigenvalue weighted by Gasteiger charge is 2.18. The molecule has 2 aromatic rings. The highest BCUT2D eigenvalue weighted by molar-refractivity contribution is 5.92. The molecule has 5 nitrogen and oxygen atoms in total. The van der Waals surface area contributed by atoms with Crippen molar-refractivity contribution in [1.29, 1.82) is 0 Å². The molecule has 1 N–H and O–H groups in total. The average Bonchev–Trinajstić information content (AvgIpc) is 3.06. The molecular weight excluding hydrogens is 266 g/mol. The molecule has 0 fully saturated rings. The van der Waals surface area contributed by atoms with Crippen LogP contribution in [-0.4, -0.2) is 16.2 Å². The zero-order chi connectivity index (χ0) is 14.7. The third-order valence-electron chi connectivity index (χ3n) is 4.08. The maximum Gasteiger partial charge on any atom is 0.275 e. The Morgan fingerprint density at radius 1 is 1.33 bits per heavy atom. The number of fused-ring (bicyclic) bond motifs is 1. The fraction of sp³-hybridized carbons (Fsp3) is 0.438. The van der Waals surface area contributed by atoms with Crippen LogP contribution in [0, 0.1) is 0 Å². The van der Waals surface area contributed by atoms with E-state index in [9.17, 15) is 4.79 Å². The lowest BCUT2D eigenvalue weighted by molar-refractivity contribution is 0.0925. The van der Waals surface area contributed by atoms with Gasteiger partial charge in [-0.2, -0.15) is 0 Å². The number of aromatic nitrogens is 2. The minimum atomic E-state index is -0.249. The highest BCUT2D eigenvalue weighted by Crippen LogP contribution is 2.26. The van der Waals surface area contributed by atoms with Crippen LogP contribution in [0.3, 0.4) is 0 Å². The lowest BCUT2D eigenvalue weighted by Gasteiger charge is -2.21. The lowest BCUT2D eigenvalue weighted by Crippen LogP contribution is -2.28. The topological polar surface area (TPSA) is 68.0 Å². The number of nitrogens with zero attached hydrogens (tertiary/aromatic N) is 2. The molecular formula is C16H19N3O2. The molecule has 5 heteroatoms. The van der Waals surface area contributed by atoms with E-state index < -0.39 is 0 Å². The van der Waals surface area contributed by atoms with Crippen LogP contribution in [0.4, 0.5) is 0 Å². The quantitative estimate of drug-likeness (QED) is 0.938. The van der Waals surface area contributed by atoms with E-state index in [0.717, 1.165) is 18.4 Å². The fourth-order valence-corrected chi connectivity index (χ4v) is 2.89. The molecule has 1 heterocycles. The van der Waals surface area contributed by atoms with Crippen molar-refractivity contribution in [3.8, 4) is 0 Å². The molecule has 110 valence electrons. The first kappa shape index (κ1) is 13.8. The van der Waals surface area contributed by atoms with Crippen molar-refractivity contribution in [2.75, 3.05) is 0 Å². The normalized spacial score (nSPS) is 15.3. The molecule has 0 radical (unpaired) electrons. The molecule has 1 aliphatic carbocycles. The van der Waals surface area contributed by atoms with E-state index in [4.69, 9.17) is 0 Å². The number of carbonyl (C=O) groups excluding carboxylic acids is 1. The number of benzene rings is 1. The number of rotatable bonds is 4. The van der Waals surface area contributed by atoms with Gasteiger partial charge in [-0.3, -0.25) is 4.79 Å². The summed E-state index contributed by atoms with van der Waals surface area (Å²) in [5, 5.41) is 10.0. The second kappa shape index (κ2) is 6.08. The summed E-state index contributed by atoms with van der Waals surface area (Å²) in [5.41, 5.74) is 4.25. The Hall–Kier alpha value is -2.17. The molecule has 1 aromatic heterocycles. The monoisotopic (exact) mass is 285 g/mol. The number of hydrogen-bond acceptors (Lipinski definition) is 4. The summed E-state index contributed by atoms with van der Waals surface area (Å²) >= 11 is 0. The molecule has 21 heavy (non-hydrogen) atoms. The van der Waals surface area contributed by atoms with E-state index in [0.29, 0.717) is 0 Å². The molecule has 1 amide bonds. The van der Waals surface area contributed by atoms with Crippen LogP contribution < -0.4 is 5.32 Å². The van der Waals surface area contributed by atoms with Gasteiger partial charge in [0.15, 0.2) is 5.69 Å². The smallest absolute Gasteiger partial charge is 0.275 e. The summed E-state index contributed by atoms with van der Waals surface area (Å²) in [5.74, 6) is -0.249. The first-order chi connectivity index (χ1) is 10.3. The zero-order valence-corrected chi connectivity index (χ0v) is 12.1. The predicted octanol–water partition coefficient (Wildman–Crippen LogP) is 2.83. The van der Waals surface area contributed by atoms with Gasteiger partial charge in [-0.15, -0.1) is 0 Å². The van der Waals surface area contributed by atoms with Crippen LogP contribution in [0.2, 0.25) is 0 Å². The van der Waals surface area contributed by atoms with Crippen LogP contribution in [0.1, 0.15) is 59.4 Å². The van der Waals surface area contributed by atoms with E-state index in [-0.39, 0.29) is 17.6 Å². The van der Waals surface area contributed by atoms with Crippen molar-refractivity contribution in [2.24, 2.45) is 0 Å². The Balaban J connectivity index is 1.78. The van der Waals surface area contributed by atoms with Gasteiger partial charge in [-0.25, -0.2) is 4.63 Å². The SMILES string of the molecule is CCC(NC(=O)c1cnon1)c1ccc2c(c1)CCCC2. The molecule has 0 spiro atoms. The van der Waals surface area contributed by atoms with E-state index in [1.54, 1.807) is 0 Å². The Labute approximate surface area is 123 Å². The molecule has 0 bridgehead atoms. The molecule has 0 aliphatic heterocycles. The van der Waals surface area contributed by atoms with Gasteiger partial charge in [0.2, 0.25) is 0 Å². The molecule has 0 saturated heterocycles. The van der Waals surface area contributed by atoms with Gasteiger partial charge in [-0.1, -0.05) is 30.3 Å². The van der Waals surface area contributed by atoms with Gasteiger partial charge in [0.25, 0.3) is 5.91 Å². The maximum atomic E-state index is 12.1. The Bertz CT molecular complexity index is 622. The van der Waals surface area contributed by atoms with Gasteiger partial charge in [-0.05, 0) is 54.0 Å². The summed E-state index contributed by atoms with van der Waals surface area (Å²) < 4.78 is 4.47. The van der Waals surface area contributed by atoms with Crippen molar-refractivity contribution in [3.63, 3.8) is 0 Å². The molecule has 1 aromatic carbocycles. The first-order valence-corrected chi connectivity index (χ1v) is 7.48. The zero-order valence-electron chi connectivity index (χ0n) is 12.1. The third-order valence-corrected chi connectivity index (χ3v) is 4.08. The van der Waals surface area contributed by atoms with Crippen molar-refractivity contribution in [3.05, 3.63) is 46.8 Å². The molecule has 0 saturated carbocycles.